The Labute approximate surface area is 183 Å². The van der Waals surface area contributed by atoms with E-state index in [2.05, 4.69) is 9.24 Å². The zero-order chi connectivity index (χ0) is 22.9. The summed E-state index contributed by atoms with van der Waals surface area (Å²) in [6.07, 6.45) is 0.601. The molecule has 2 aliphatic heterocycles. The highest BCUT2D eigenvalue weighted by Gasteiger charge is 2.32. The highest BCUT2D eigenvalue weighted by molar-refractivity contribution is 7.15. The molecule has 2 atom stereocenters. The van der Waals surface area contributed by atoms with Crippen molar-refractivity contribution in [1.29, 1.82) is 0 Å². The number of hydrogen-bond acceptors (Lipinski definition) is 5. The van der Waals surface area contributed by atoms with Crippen LogP contribution in [0.4, 0.5) is 15.3 Å². The predicted octanol–water partition coefficient (Wildman–Crippen LogP) is 3.82. The average molecular weight is 440 g/mol. The molecule has 0 bridgehead atoms. The van der Waals surface area contributed by atoms with Crippen LogP contribution in [-0.2, 0) is 22.3 Å². The van der Waals surface area contributed by atoms with Gasteiger partial charge in [0.15, 0.2) is 0 Å². The second-order valence-electron chi connectivity index (χ2n) is 7.77. The van der Waals surface area contributed by atoms with E-state index in [-0.39, 0.29) is 18.3 Å². The first-order chi connectivity index (χ1) is 14.3. The van der Waals surface area contributed by atoms with Gasteiger partial charge in [0.1, 0.15) is 11.7 Å². The van der Waals surface area contributed by atoms with Crippen molar-refractivity contribution in [1.82, 2.24) is 4.90 Å². The number of amides is 2. The van der Waals surface area contributed by atoms with Crippen molar-refractivity contribution in [2.24, 2.45) is 5.73 Å². The van der Waals surface area contributed by atoms with Crippen LogP contribution >= 0.6 is 9.24 Å². The largest absolute Gasteiger partial charge is 0.444 e. The fourth-order valence-electron chi connectivity index (χ4n) is 3.24. The van der Waals surface area contributed by atoms with Crippen LogP contribution in [0.2, 0.25) is 0 Å². The summed E-state index contributed by atoms with van der Waals surface area (Å²) >= 11 is 0. The molecule has 2 N–H and O–H groups in total. The van der Waals surface area contributed by atoms with Gasteiger partial charge in [-0.2, -0.15) is 0 Å². The lowest BCUT2D eigenvalue weighted by Gasteiger charge is -2.26. The maximum absolute atomic E-state index is 12.3. The summed E-state index contributed by atoms with van der Waals surface area (Å²) in [5, 5.41) is 0. The number of carbonyl (C=O) groups excluding carboxylic acids is 2. The van der Waals surface area contributed by atoms with Gasteiger partial charge in [-0.3, -0.25) is 4.90 Å². The van der Waals surface area contributed by atoms with Gasteiger partial charge in [-0.25, -0.2) is 9.59 Å². The third-order valence-corrected chi connectivity index (χ3v) is 4.59. The molecule has 7 nitrogen and oxygen atoms in total. The summed E-state index contributed by atoms with van der Waals surface area (Å²) in [5.74, 6) is 0. The number of hydrogen-bond donors (Lipinski definition) is 1. The molecule has 3 rings (SSSR count). The maximum Gasteiger partial charge on any atom is 0.414 e. The SMILES string of the molecule is CC.CC(C)(C)OC(=O)N1CCc2ccc(N3CC(CN)OC3=O)cc2CC1.CP. The summed E-state index contributed by atoms with van der Waals surface area (Å²) < 4.78 is 10.7. The summed E-state index contributed by atoms with van der Waals surface area (Å²) in [7, 11) is 2.42. The smallest absolute Gasteiger partial charge is 0.414 e. The first-order valence-electron chi connectivity index (χ1n) is 10.6. The lowest BCUT2D eigenvalue weighted by Crippen LogP contribution is -2.38. The molecule has 1 fully saturated rings. The van der Waals surface area contributed by atoms with E-state index in [0.717, 1.165) is 24.1 Å². The predicted molar refractivity (Wildman–Crippen MR) is 125 cm³/mol. The highest BCUT2D eigenvalue weighted by Crippen LogP contribution is 2.26. The molecule has 0 spiro atoms. The molecular formula is C22H38N3O4P. The number of ether oxygens (including phenoxy) is 2. The van der Waals surface area contributed by atoms with Crippen molar-refractivity contribution in [3.8, 4) is 0 Å². The Morgan fingerprint density at radius 1 is 1.20 bits per heavy atom. The second kappa shape index (κ2) is 12.1. The fourth-order valence-corrected chi connectivity index (χ4v) is 3.24. The molecule has 1 saturated heterocycles. The minimum Gasteiger partial charge on any atom is -0.444 e. The average Bonchev–Trinajstić information content (AvgIpc) is 2.97. The Bertz CT molecular complexity index is 706. The second-order valence-corrected chi connectivity index (χ2v) is 7.77. The molecule has 2 unspecified atom stereocenters. The van der Waals surface area contributed by atoms with E-state index in [9.17, 15) is 9.59 Å². The number of cyclic esters (lactones) is 1. The van der Waals surface area contributed by atoms with Crippen molar-refractivity contribution < 1.29 is 19.1 Å². The standard InChI is InChI=1S/C19H27N3O4.C2H6.CH5P/c1-19(2,3)26-17(23)21-8-6-13-4-5-15(10-14(13)7-9-21)22-12-16(11-20)25-18(22)24;2*1-2/h4-5,10,16H,6-9,11-12,20H2,1-3H3;1-2H3;2H2,1H3. The van der Waals surface area contributed by atoms with Crippen LogP contribution in [0.25, 0.3) is 0 Å². The zero-order valence-electron chi connectivity index (χ0n) is 19.2. The lowest BCUT2D eigenvalue weighted by molar-refractivity contribution is 0.0258. The van der Waals surface area contributed by atoms with Gasteiger partial charge in [-0.1, -0.05) is 26.6 Å². The third kappa shape index (κ3) is 7.13. The summed E-state index contributed by atoms with van der Waals surface area (Å²) in [5.41, 5.74) is 8.26. The van der Waals surface area contributed by atoms with Crippen LogP contribution in [0.1, 0.15) is 45.7 Å². The van der Waals surface area contributed by atoms with Crippen LogP contribution in [0, 0.1) is 0 Å². The van der Waals surface area contributed by atoms with Gasteiger partial charge in [0.25, 0.3) is 0 Å². The first-order valence-corrected chi connectivity index (χ1v) is 11.8. The van der Waals surface area contributed by atoms with Crippen LogP contribution < -0.4 is 10.6 Å². The molecule has 1 aromatic carbocycles. The van der Waals surface area contributed by atoms with Gasteiger partial charge in [0, 0.05) is 25.3 Å². The van der Waals surface area contributed by atoms with Crippen molar-refractivity contribution in [2.45, 2.75) is 59.2 Å². The highest BCUT2D eigenvalue weighted by atomic mass is 31.0. The van der Waals surface area contributed by atoms with Gasteiger partial charge >= 0.3 is 12.2 Å². The fraction of sp³-hybridized carbons (Fsp3) is 0.636. The Morgan fingerprint density at radius 3 is 2.33 bits per heavy atom. The summed E-state index contributed by atoms with van der Waals surface area (Å²) in [6.45, 7) is 13.5. The summed E-state index contributed by atoms with van der Waals surface area (Å²) in [6, 6.07) is 5.99. The topological polar surface area (TPSA) is 85.1 Å². The molecule has 0 aromatic heterocycles. The first kappa shape index (κ1) is 26.2. The van der Waals surface area contributed by atoms with E-state index in [4.69, 9.17) is 15.2 Å². The molecule has 30 heavy (non-hydrogen) atoms. The monoisotopic (exact) mass is 439 g/mol. The minimum atomic E-state index is -0.501. The molecular weight excluding hydrogens is 401 g/mol. The van der Waals surface area contributed by atoms with Crippen LogP contribution in [0.15, 0.2) is 18.2 Å². The van der Waals surface area contributed by atoms with Crippen molar-refractivity contribution >= 4 is 27.1 Å². The van der Waals surface area contributed by atoms with Crippen molar-refractivity contribution in [3.05, 3.63) is 29.3 Å². The number of anilines is 1. The molecule has 0 radical (unpaired) electrons. The Balaban J connectivity index is 0.00000106. The van der Waals surface area contributed by atoms with E-state index in [0.29, 0.717) is 26.2 Å². The van der Waals surface area contributed by atoms with E-state index < -0.39 is 5.60 Å². The molecule has 2 amide bonds. The Morgan fingerprint density at radius 2 is 1.80 bits per heavy atom. The number of benzene rings is 1. The zero-order valence-corrected chi connectivity index (χ0v) is 20.4. The summed E-state index contributed by atoms with van der Waals surface area (Å²) in [4.78, 5) is 27.7. The normalized spacial score (nSPS) is 18.1. The van der Waals surface area contributed by atoms with Gasteiger partial charge in [-0.15, -0.1) is 9.24 Å². The van der Waals surface area contributed by atoms with Gasteiger partial charge < -0.3 is 20.1 Å². The molecule has 170 valence electrons. The van der Waals surface area contributed by atoms with E-state index in [1.807, 2.05) is 59.5 Å². The molecule has 1 aromatic rings. The molecule has 0 aliphatic carbocycles. The molecule has 0 saturated carbocycles. The quantitative estimate of drug-likeness (QED) is 0.708. The van der Waals surface area contributed by atoms with Gasteiger partial charge in [0.2, 0.25) is 0 Å². The van der Waals surface area contributed by atoms with Crippen LogP contribution in [0.5, 0.6) is 0 Å². The Kier molecular flexibility index (Phi) is 10.6. The minimum absolute atomic E-state index is 0.260. The molecule has 2 heterocycles. The Hall–Kier alpha value is -1.85. The third-order valence-electron chi connectivity index (χ3n) is 4.59. The number of fused-ring (bicyclic) bond motifs is 1. The van der Waals surface area contributed by atoms with E-state index >= 15 is 0 Å². The van der Waals surface area contributed by atoms with Gasteiger partial charge in [0.05, 0.1) is 6.54 Å². The number of rotatable bonds is 2. The number of nitrogens with two attached hydrogens (primary N) is 1. The van der Waals surface area contributed by atoms with Crippen molar-refractivity contribution in [3.63, 3.8) is 0 Å². The maximum atomic E-state index is 12.3. The number of nitrogens with zero attached hydrogens (tertiary/aromatic N) is 2. The molecule has 8 heteroatoms. The van der Waals surface area contributed by atoms with Crippen LogP contribution in [0.3, 0.4) is 0 Å². The number of carbonyl (C=O) groups is 2. The van der Waals surface area contributed by atoms with Crippen LogP contribution in [-0.4, -0.2) is 61.6 Å². The van der Waals surface area contributed by atoms with Gasteiger partial charge in [-0.05, 0) is 56.9 Å². The lowest BCUT2D eigenvalue weighted by atomic mass is 10.0. The van der Waals surface area contributed by atoms with E-state index in [1.165, 1.54) is 5.56 Å². The molecule has 2 aliphatic rings. The van der Waals surface area contributed by atoms with Crippen molar-refractivity contribution in [2.75, 3.05) is 37.7 Å². The van der Waals surface area contributed by atoms with E-state index in [1.54, 1.807) is 9.80 Å².